The molecule has 31 heavy (non-hydrogen) atoms. The lowest BCUT2D eigenvalue weighted by Gasteiger charge is -2.22. The number of carbonyl (C=O) groups is 2. The van der Waals surface area contributed by atoms with E-state index in [1.165, 1.54) is 34.9 Å². The highest BCUT2D eigenvalue weighted by Gasteiger charge is 2.26. The number of hydrogen-bond donors (Lipinski definition) is 1. The molecule has 2 aromatic carbocycles. The first-order valence-electron chi connectivity index (χ1n) is 10.3. The van der Waals surface area contributed by atoms with Gasteiger partial charge in [0, 0.05) is 29.1 Å². The van der Waals surface area contributed by atoms with Crippen LogP contribution in [0.15, 0.2) is 59.4 Å². The normalized spacial score (nSPS) is 13.2. The molecule has 0 radical (unpaired) electrons. The third-order valence-corrected chi connectivity index (χ3v) is 5.57. The zero-order valence-electron chi connectivity index (χ0n) is 17.4. The fourth-order valence-corrected chi connectivity index (χ4v) is 3.90. The van der Waals surface area contributed by atoms with Crippen molar-refractivity contribution in [3.63, 3.8) is 0 Å². The summed E-state index contributed by atoms with van der Waals surface area (Å²) in [6.45, 7) is 4.16. The van der Waals surface area contributed by atoms with E-state index in [-0.39, 0.29) is 17.0 Å². The molecule has 0 bridgehead atoms. The third-order valence-electron chi connectivity index (χ3n) is 5.57. The van der Waals surface area contributed by atoms with Gasteiger partial charge in [0.1, 0.15) is 11.4 Å². The van der Waals surface area contributed by atoms with Crippen LogP contribution in [0.5, 0.6) is 0 Å². The Bertz CT molecular complexity index is 1230. The molecule has 158 valence electrons. The number of nitrogens with zero attached hydrogens (tertiary/aromatic N) is 1. The Morgan fingerprint density at radius 2 is 1.77 bits per heavy atom. The first-order chi connectivity index (χ1) is 14.8. The summed E-state index contributed by atoms with van der Waals surface area (Å²) >= 11 is 0. The highest BCUT2D eigenvalue weighted by molar-refractivity contribution is 6.06. The molecule has 1 N–H and O–H groups in total. The topological polar surface area (TPSA) is 68.2 Å². The molecule has 1 aromatic heterocycles. The number of ketones is 1. The molecule has 4 rings (SSSR count). The molecular formula is C25H23FN2O3. The van der Waals surface area contributed by atoms with Crippen LogP contribution in [0, 0.1) is 5.82 Å². The summed E-state index contributed by atoms with van der Waals surface area (Å²) in [5.41, 5.74) is 2.35. The van der Waals surface area contributed by atoms with Crippen LogP contribution in [0.4, 0.5) is 10.1 Å². The first kappa shape index (κ1) is 20.7. The number of amides is 1. The van der Waals surface area contributed by atoms with E-state index in [2.05, 4.69) is 19.2 Å². The van der Waals surface area contributed by atoms with Crippen molar-refractivity contribution >= 4 is 17.4 Å². The summed E-state index contributed by atoms with van der Waals surface area (Å²) in [6.07, 6.45) is 1.61. The molecule has 0 saturated carbocycles. The van der Waals surface area contributed by atoms with Crippen molar-refractivity contribution in [2.45, 2.75) is 39.0 Å². The largest absolute Gasteiger partial charge is 0.322 e. The quantitative estimate of drug-likeness (QED) is 0.657. The molecule has 6 heteroatoms. The maximum absolute atomic E-state index is 13.5. The van der Waals surface area contributed by atoms with Gasteiger partial charge < -0.3 is 5.32 Å². The van der Waals surface area contributed by atoms with Crippen LogP contribution in [-0.2, 0) is 6.42 Å². The number of aromatic nitrogens is 1. The lowest BCUT2D eigenvalue weighted by Crippen LogP contribution is -2.33. The Balaban J connectivity index is 1.84. The SMILES string of the molecule is CC(C)c1ccc(-n2c3c(cc(C(=O)Nc4cccc(F)c4)c2=O)C(=O)CCC3)cc1. The lowest BCUT2D eigenvalue weighted by molar-refractivity contribution is 0.0971. The lowest BCUT2D eigenvalue weighted by atomic mass is 9.92. The van der Waals surface area contributed by atoms with Crippen LogP contribution in [0.3, 0.4) is 0 Å². The molecule has 5 nitrogen and oxygen atoms in total. The maximum Gasteiger partial charge on any atom is 0.268 e. The van der Waals surface area contributed by atoms with Crippen molar-refractivity contribution in [3.8, 4) is 5.69 Å². The van der Waals surface area contributed by atoms with Crippen molar-refractivity contribution < 1.29 is 14.0 Å². The summed E-state index contributed by atoms with van der Waals surface area (Å²) < 4.78 is 15.0. The van der Waals surface area contributed by atoms with Crippen molar-refractivity contribution in [3.05, 3.63) is 93.2 Å². The minimum absolute atomic E-state index is 0.0893. The number of carbonyl (C=O) groups excluding carboxylic acids is 2. The number of fused-ring (bicyclic) bond motifs is 1. The second-order valence-electron chi connectivity index (χ2n) is 8.05. The zero-order valence-corrected chi connectivity index (χ0v) is 17.4. The van der Waals surface area contributed by atoms with Gasteiger partial charge in [-0.15, -0.1) is 0 Å². The van der Waals surface area contributed by atoms with Gasteiger partial charge in [-0.25, -0.2) is 4.39 Å². The number of Topliss-reactive ketones (excluding diaryl/α,β-unsaturated/α-hetero) is 1. The summed E-state index contributed by atoms with van der Waals surface area (Å²) in [4.78, 5) is 38.9. The molecule has 1 heterocycles. The predicted octanol–water partition coefficient (Wildman–Crippen LogP) is 4.87. The van der Waals surface area contributed by atoms with Gasteiger partial charge in [-0.1, -0.05) is 32.0 Å². The summed E-state index contributed by atoms with van der Waals surface area (Å²) in [6, 6.07) is 14.4. The van der Waals surface area contributed by atoms with Gasteiger partial charge in [-0.2, -0.15) is 0 Å². The van der Waals surface area contributed by atoms with Crippen LogP contribution in [0.25, 0.3) is 5.69 Å². The molecule has 0 unspecified atom stereocenters. The monoisotopic (exact) mass is 418 g/mol. The van der Waals surface area contributed by atoms with E-state index in [1.807, 2.05) is 24.3 Å². The molecule has 0 spiro atoms. The summed E-state index contributed by atoms with van der Waals surface area (Å²) in [5.74, 6) is -0.927. The molecule has 0 atom stereocenters. The average Bonchev–Trinajstić information content (AvgIpc) is 2.73. The van der Waals surface area contributed by atoms with Gasteiger partial charge in [0.05, 0.1) is 0 Å². The van der Waals surface area contributed by atoms with Crippen LogP contribution in [0.1, 0.15) is 64.6 Å². The Kier molecular flexibility index (Phi) is 5.55. The molecule has 0 aliphatic heterocycles. The molecular weight excluding hydrogens is 395 g/mol. The number of rotatable bonds is 4. The Hall–Kier alpha value is -3.54. The second kappa shape index (κ2) is 8.30. The third kappa shape index (κ3) is 4.06. The molecule has 3 aromatic rings. The smallest absolute Gasteiger partial charge is 0.268 e. The van der Waals surface area contributed by atoms with Crippen LogP contribution in [0.2, 0.25) is 0 Å². The fourth-order valence-electron chi connectivity index (χ4n) is 3.90. The maximum atomic E-state index is 13.5. The van der Waals surface area contributed by atoms with Crippen molar-refractivity contribution in [2.24, 2.45) is 0 Å². The summed E-state index contributed by atoms with van der Waals surface area (Å²) in [5, 5.41) is 2.56. The molecule has 0 saturated heterocycles. The predicted molar refractivity (Wildman–Crippen MR) is 118 cm³/mol. The Morgan fingerprint density at radius 1 is 1.03 bits per heavy atom. The van der Waals surface area contributed by atoms with Crippen molar-refractivity contribution in [2.75, 3.05) is 5.32 Å². The van der Waals surface area contributed by atoms with Crippen LogP contribution >= 0.6 is 0 Å². The highest BCUT2D eigenvalue weighted by Crippen LogP contribution is 2.25. The molecule has 1 aliphatic rings. The number of nitrogens with one attached hydrogen (secondary N) is 1. The average molecular weight is 418 g/mol. The second-order valence-corrected chi connectivity index (χ2v) is 8.05. The van der Waals surface area contributed by atoms with E-state index in [0.717, 1.165) is 5.56 Å². The van der Waals surface area contributed by atoms with Gasteiger partial charge in [0.15, 0.2) is 5.78 Å². The number of benzene rings is 2. The van der Waals surface area contributed by atoms with E-state index in [1.54, 1.807) is 0 Å². The van der Waals surface area contributed by atoms with Crippen LogP contribution < -0.4 is 10.9 Å². The van der Waals surface area contributed by atoms with E-state index in [4.69, 9.17) is 0 Å². The van der Waals surface area contributed by atoms with Gasteiger partial charge in [0.2, 0.25) is 0 Å². The van der Waals surface area contributed by atoms with Crippen molar-refractivity contribution in [1.29, 1.82) is 0 Å². The van der Waals surface area contributed by atoms with Gasteiger partial charge >= 0.3 is 0 Å². The Morgan fingerprint density at radius 3 is 2.45 bits per heavy atom. The number of pyridine rings is 1. The minimum atomic E-state index is -0.677. The van der Waals surface area contributed by atoms with Crippen molar-refractivity contribution in [1.82, 2.24) is 4.57 Å². The molecule has 0 fully saturated rings. The van der Waals surface area contributed by atoms with E-state index >= 15 is 0 Å². The van der Waals surface area contributed by atoms with E-state index in [0.29, 0.717) is 42.1 Å². The minimum Gasteiger partial charge on any atom is -0.322 e. The number of halogens is 1. The Labute approximate surface area is 179 Å². The van der Waals surface area contributed by atoms with Crippen LogP contribution in [-0.4, -0.2) is 16.3 Å². The fraction of sp³-hybridized carbons (Fsp3) is 0.240. The number of hydrogen-bond acceptors (Lipinski definition) is 3. The molecule has 1 amide bonds. The summed E-state index contributed by atoms with van der Waals surface area (Å²) in [7, 11) is 0. The first-order valence-corrected chi connectivity index (χ1v) is 10.3. The van der Waals surface area contributed by atoms with E-state index in [9.17, 15) is 18.8 Å². The number of anilines is 1. The standard InChI is InChI=1S/C25H23FN2O3/c1-15(2)16-9-11-19(12-10-16)28-22-7-4-8-23(29)20(22)14-21(25(28)31)24(30)27-18-6-3-5-17(26)13-18/h3,5-6,9-15H,4,7-8H2,1-2H3,(H,27,30). The molecule has 1 aliphatic carbocycles. The zero-order chi connectivity index (χ0) is 22.1. The van der Waals surface area contributed by atoms with Gasteiger partial charge in [0.25, 0.3) is 11.5 Å². The van der Waals surface area contributed by atoms with Gasteiger partial charge in [-0.05, 0) is 60.7 Å². The highest BCUT2D eigenvalue weighted by atomic mass is 19.1. The van der Waals surface area contributed by atoms with E-state index < -0.39 is 17.3 Å². The van der Waals surface area contributed by atoms with Gasteiger partial charge in [-0.3, -0.25) is 19.0 Å².